The number of halogens is 3. The van der Waals surface area contributed by atoms with Crippen LogP contribution in [0.5, 0.6) is 0 Å². The second kappa shape index (κ2) is 18.9. The van der Waals surface area contributed by atoms with E-state index in [2.05, 4.69) is 38.1 Å². The number of carboxylic acid groups (broad SMARTS) is 1. The fraction of sp³-hybridized carbons (Fsp3) is 0.268. The second-order valence-corrected chi connectivity index (χ2v) is 13.3. The maximum absolute atomic E-state index is 13.9. The van der Waals surface area contributed by atoms with Crippen LogP contribution in [0.1, 0.15) is 47.4 Å². The molecule has 0 saturated carbocycles. The zero-order valence-electron chi connectivity index (χ0n) is 30.8. The number of amides is 3. The Balaban J connectivity index is 0.000000811. The number of hydrogen-bond acceptors (Lipinski definition) is 8. The van der Waals surface area contributed by atoms with Crippen LogP contribution < -0.4 is 27.2 Å². The molecule has 2 atom stereocenters. The molecule has 2 heterocycles. The monoisotopic (exact) mass is 786 g/mol. The molecule has 13 nitrogen and oxygen atoms in total. The van der Waals surface area contributed by atoms with Crippen LogP contribution in [0.15, 0.2) is 102 Å². The standard InChI is InChI=1S/C39H40N6O5.C2HF3O2/c1-24-20-36(46)43-34-22-26(13-14-27(24)34)42-37(47)33(12-6-7-17-40)44-38(48)35(21-25-15-18-41-19-16-25)45-39(49)50-23-32-30-10-4-2-8-28(30)29-9-3-5-11-31(29)32;3-2(4,5)1(6)7/h2-5,8-11,13-16,18-20,22,32-33,35H,6-7,12,17,21,23,40H2,1H3,(H,42,47)(H,43,46)(H,44,48)(H,45,49);(H,6,7)/t33-,35-;/m0./s1. The average Bonchev–Trinajstić information content (AvgIpc) is 3.50. The van der Waals surface area contributed by atoms with E-state index in [9.17, 15) is 32.3 Å². The first-order chi connectivity index (χ1) is 27.2. The SMILES string of the molecule is Cc1cc(=O)[nH]c2cc(NC(=O)[C@H](CCCCN)NC(=O)[C@H](Cc3ccncc3)NC(=O)OCC3c4ccccc4-c4ccccc43)ccc12.O=C(O)C(F)(F)F. The van der Waals surface area contributed by atoms with E-state index in [1.165, 1.54) is 6.07 Å². The number of carbonyl (C=O) groups is 4. The number of aliphatic carboxylic acids is 1. The number of anilines is 1. The third-order valence-electron chi connectivity index (χ3n) is 9.28. The minimum Gasteiger partial charge on any atom is -0.475 e. The number of nitrogens with one attached hydrogen (secondary N) is 4. The zero-order chi connectivity index (χ0) is 41.1. The highest BCUT2D eigenvalue weighted by Crippen LogP contribution is 2.44. The van der Waals surface area contributed by atoms with Crippen molar-refractivity contribution in [3.8, 4) is 11.1 Å². The molecule has 1 aliphatic carbocycles. The van der Waals surface area contributed by atoms with Crippen LogP contribution in [0.3, 0.4) is 0 Å². The molecule has 6 rings (SSSR count). The van der Waals surface area contributed by atoms with Gasteiger partial charge in [0.25, 0.3) is 0 Å². The summed E-state index contributed by atoms with van der Waals surface area (Å²) in [5, 5.41) is 16.5. The van der Waals surface area contributed by atoms with E-state index >= 15 is 0 Å². The minimum atomic E-state index is -5.08. The normalized spacial score (nSPS) is 12.9. The molecule has 3 amide bonds. The van der Waals surface area contributed by atoms with E-state index in [1.807, 2.05) is 49.4 Å². The van der Waals surface area contributed by atoms with Crippen LogP contribution >= 0.6 is 0 Å². The number of carboxylic acids is 1. The molecule has 2 aromatic heterocycles. The molecule has 16 heteroatoms. The first-order valence-electron chi connectivity index (χ1n) is 18.0. The van der Waals surface area contributed by atoms with Crippen LogP contribution in [-0.2, 0) is 25.5 Å². The molecular weight excluding hydrogens is 745 g/mol. The maximum atomic E-state index is 13.9. The number of aromatic amines is 1. The number of unbranched alkanes of at least 4 members (excludes halogenated alkanes) is 1. The van der Waals surface area contributed by atoms with Gasteiger partial charge in [-0.05, 0) is 90.4 Å². The highest BCUT2D eigenvalue weighted by molar-refractivity contribution is 5.99. The van der Waals surface area contributed by atoms with Crippen molar-refractivity contribution in [2.75, 3.05) is 18.5 Å². The van der Waals surface area contributed by atoms with E-state index in [1.54, 1.807) is 36.7 Å². The van der Waals surface area contributed by atoms with E-state index in [4.69, 9.17) is 20.4 Å². The number of aromatic nitrogens is 2. The third kappa shape index (κ3) is 11.0. The van der Waals surface area contributed by atoms with Crippen LogP contribution in [0.4, 0.5) is 23.7 Å². The van der Waals surface area contributed by atoms with E-state index in [0.29, 0.717) is 37.0 Å². The molecule has 0 radical (unpaired) electrons. The lowest BCUT2D eigenvalue weighted by molar-refractivity contribution is -0.192. The summed E-state index contributed by atoms with van der Waals surface area (Å²) in [6, 6.07) is 24.4. The van der Waals surface area contributed by atoms with Gasteiger partial charge in [0, 0.05) is 41.9 Å². The molecule has 0 fully saturated rings. The second-order valence-electron chi connectivity index (χ2n) is 13.3. The fourth-order valence-corrected chi connectivity index (χ4v) is 6.52. The number of fused-ring (bicyclic) bond motifs is 4. The molecule has 0 spiro atoms. The average molecular weight is 787 g/mol. The lowest BCUT2D eigenvalue weighted by atomic mass is 9.98. The highest BCUT2D eigenvalue weighted by atomic mass is 19.4. The molecule has 3 aromatic carbocycles. The van der Waals surface area contributed by atoms with Gasteiger partial charge in [0.05, 0.1) is 5.52 Å². The zero-order valence-corrected chi connectivity index (χ0v) is 30.8. The van der Waals surface area contributed by atoms with Crippen LogP contribution in [0.2, 0.25) is 0 Å². The molecular formula is C41H41F3N6O7. The van der Waals surface area contributed by atoms with Crippen molar-refractivity contribution in [1.29, 1.82) is 0 Å². The first-order valence-corrected chi connectivity index (χ1v) is 18.0. The molecule has 0 saturated heterocycles. The molecule has 0 aliphatic heterocycles. The largest absolute Gasteiger partial charge is 0.490 e. The molecule has 57 heavy (non-hydrogen) atoms. The van der Waals surface area contributed by atoms with Gasteiger partial charge in [-0.15, -0.1) is 0 Å². The predicted molar refractivity (Wildman–Crippen MR) is 206 cm³/mol. The number of rotatable bonds is 13. The Morgan fingerprint density at radius 3 is 2.12 bits per heavy atom. The Hall–Kier alpha value is -6.55. The number of H-pyrrole nitrogens is 1. The Labute approximate surface area is 324 Å². The number of alkyl carbamates (subject to hydrolysis) is 1. The lowest BCUT2D eigenvalue weighted by Crippen LogP contribution is -2.53. The lowest BCUT2D eigenvalue weighted by Gasteiger charge is -2.24. The van der Waals surface area contributed by atoms with Gasteiger partial charge in [-0.3, -0.25) is 19.4 Å². The van der Waals surface area contributed by atoms with Gasteiger partial charge in [0.15, 0.2) is 0 Å². The number of hydrogen-bond donors (Lipinski definition) is 6. The van der Waals surface area contributed by atoms with Crippen molar-refractivity contribution in [3.63, 3.8) is 0 Å². The number of aryl methyl sites for hydroxylation is 1. The van der Waals surface area contributed by atoms with Crippen LogP contribution in [0.25, 0.3) is 22.0 Å². The fourth-order valence-electron chi connectivity index (χ4n) is 6.52. The molecule has 298 valence electrons. The molecule has 1 aliphatic rings. The molecule has 5 aromatic rings. The molecule has 7 N–H and O–H groups in total. The Morgan fingerprint density at radius 2 is 1.51 bits per heavy atom. The Bertz CT molecular complexity index is 2240. The molecule has 0 bridgehead atoms. The van der Waals surface area contributed by atoms with Crippen molar-refractivity contribution in [3.05, 3.63) is 130 Å². The van der Waals surface area contributed by atoms with Gasteiger partial charge < -0.3 is 36.5 Å². The van der Waals surface area contributed by atoms with Crippen LogP contribution in [-0.4, -0.2) is 70.4 Å². The van der Waals surface area contributed by atoms with Crippen molar-refractivity contribution in [2.24, 2.45) is 5.73 Å². The first kappa shape index (κ1) is 41.6. The Morgan fingerprint density at radius 1 is 0.877 bits per heavy atom. The van der Waals surface area contributed by atoms with Crippen molar-refractivity contribution >= 4 is 40.5 Å². The van der Waals surface area contributed by atoms with Gasteiger partial charge in [-0.2, -0.15) is 13.2 Å². The quantitative estimate of drug-likeness (QED) is 0.0825. The van der Waals surface area contributed by atoms with Crippen molar-refractivity contribution in [2.45, 2.75) is 56.8 Å². The maximum Gasteiger partial charge on any atom is 0.490 e. The Kier molecular flexibility index (Phi) is 13.8. The highest BCUT2D eigenvalue weighted by Gasteiger charge is 2.38. The van der Waals surface area contributed by atoms with E-state index in [0.717, 1.165) is 38.8 Å². The summed E-state index contributed by atoms with van der Waals surface area (Å²) < 4.78 is 37.5. The summed E-state index contributed by atoms with van der Waals surface area (Å²) >= 11 is 0. The number of carbonyl (C=O) groups excluding carboxylic acids is 3. The summed E-state index contributed by atoms with van der Waals surface area (Å²) in [6.45, 7) is 2.37. The number of alkyl halides is 3. The van der Waals surface area contributed by atoms with Crippen LogP contribution in [0, 0.1) is 6.92 Å². The summed E-state index contributed by atoms with van der Waals surface area (Å²) in [6.07, 6.45) is -0.885. The smallest absolute Gasteiger partial charge is 0.475 e. The summed E-state index contributed by atoms with van der Waals surface area (Å²) in [4.78, 5) is 68.6. The number of nitrogens with two attached hydrogens (primary N) is 1. The topological polar surface area (TPSA) is 206 Å². The number of pyridine rings is 2. The van der Waals surface area contributed by atoms with Gasteiger partial charge in [-0.1, -0.05) is 54.6 Å². The van der Waals surface area contributed by atoms with Gasteiger partial charge in [0.2, 0.25) is 17.4 Å². The predicted octanol–water partition coefficient (Wildman–Crippen LogP) is 5.57. The van der Waals surface area contributed by atoms with Crippen molar-refractivity contribution < 1.29 is 42.2 Å². The molecule has 0 unspecified atom stereocenters. The van der Waals surface area contributed by atoms with Gasteiger partial charge in [0.1, 0.15) is 18.7 Å². The van der Waals surface area contributed by atoms with E-state index in [-0.39, 0.29) is 24.5 Å². The van der Waals surface area contributed by atoms with E-state index < -0.39 is 42.1 Å². The minimum absolute atomic E-state index is 0.0874. The summed E-state index contributed by atoms with van der Waals surface area (Å²) in [5.74, 6) is -3.88. The number of nitrogens with zero attached hydrogens (tertiary/aromatic N) is 1. The number of ether oxygens (including phenoxy) is 1. The number of benzene rings is 3. The van der Waals surface area contributed by atoms with Crippen molar-refractivity contribution in [1.82, 2.24) is 20.6 Å². The van der Waals surface area contributed by atoms with Gasteiger partial charge in [-0.25, -0.2) is 9.59 Å². The summed E-state index contributed by atoms with van der Waals surface area (Å²) in [7, 11) is 0. The summed E-state index contributed by atoms with van der Waals surface area (Å²) in [5.41, 5.74) is 12.5. The third-order valence-corrected chi connectivity index (χ3v) is 9.28. The van der Waals surface area contributed by atoms with Gasteiger partial charge >= 0.3 is 18.2 Å².